The summed E-state index contributed by atoms with van der Waals surface area (Å²) < 4.78 is 0. The van der Waals surface area contributed by atoms with Crippen molar-refractivity contribution >= 4 is 5.91 Å². The fourth-order valence-electron chi connectivity index (χ4n) is 1.33. The standard InChI is InChI=1S/C9H15N3O/c10-6-1-2-7-12-8(13)9(11)4-3-5-9/h1-5,7,11H2,(H,12,13). The highest BCUT2D eigenvalue weighted by Gasteiger charge is 2.39. The van der Waals surface area contributed by atoms with Gasteiger partial charge in [-0.25, -0.2) is 0 Å². The van der Waals surface area contributed by atoms with Crippen LogP contribution in [-0.4, -0.2) is 18.0 Å². The first-order valence-electron chi connectivity index (χ1n) is 4.63. The lowest BCUT2D eigenvalue weighted by molar-refractivity contribution is -0.129. The first-order valence-corrected chi connectivity index (χ1v) is 4.63. The molecule has 4 nitrogen and oxygen atoms in total. The van der Waals surface area contributed by atoms with Gasteiger partial charge in [-0.2, -0.15) is 5.26 Å². The maximum Gasteiger partial charge on any atom is 0.240 e. The van der Waals surface area contributed by atoms with E-state index in [4.69, 9.17) is 11.0 Å². The van der Waals surface area contributed by atoms with Crippen LogP contribution in [-0.2, 0) is 4.79 Å². The van der Waals surface area contributed by atoms with Crippen molar-refractivity contribution in [3.63, 3.8) is 0 Å². The smallest absolute Gasteiger partial charge is 0.240 e. The van der Waals surface area contributed by atoms with Gasteiger partial charge in [0.05, 0.1) is 11.6 Å². The Balaban J connectivity index is 2.15. The SMILES string of the molecule is N#CCCCNC(=O)C1(N)CCC1. The van der Waals surface area contributed by atoms with Crippen LogP contribution < -0.4 is 11.1 Å². The average molecular weight is 181 g/mol. The van der Waals surface area contributed by atoms with Crippen LogP contribution in [0.1, 0.15) is 32.1 Å². The van der Waals surface area contributed by atoms with Crippen LogP contribution in [0, 0.1) is 11.3 Å². The molecule has 72 valence electrons. The Bertz CT molecular complexity index is 228. The number of nitrogens with one attached hydrogen (secondary N) is 1. The third kappa shape index (κ3) is 2.43. The minimum atomic E-state index is -0.605. The topological polar surface area (TPSA) is 78.9 Å². The Morgan fingerprint density at radius 1 is 1.62 bits per heavy atom. The lowest BCUT2D eigenvalue weighted by Gasteiger charge is -2.36. The van der Waals surface area contributed by atoms with Crippen molar-refractivity contribution < 1.29 is 4.79 Å². The van der Waals surface area contributed by atoms with Crippen molar-refractivity contribution in [2.24, 2.45) is 5.73 Å². The van der Waals surface area contributed by atoms with E-state index in [1.165, 1.54) is 0 Å². The van der Waals surface area contributed by atoms with Gasteiger partial charge >= 0.3 is 0 Å². The molecule has 0 heterocycles. The molecule has 0 radical (unpaired) electrons. The monoisotopic (exact) mass is 181 g/mol. The number of nitrogens with two attached hydrogens (primary N) is 1. The van der Waals surface area contributed by atoms with E-state index in [9.17, 15) is 4.79 Å². The van der Waals surface area contributed by atoms with Gasteiger partial charge in [0, 0.05) is 13.0 Å². The van der Waals surface area contributed by atoms with Gasteiger partial charge in [0.2, 0.25) is 5.91 Å². The molecular weight excluding hydrogens is 166 g/mol. The van der Waals surface area contributed by atoms with Crippen LogP contribution >= 0.6 is 0 Å². The van der Waals surface area contributed by atoms with Crippen LogP contribution in [0.5, 0.6) is 0 Å². The highest BCUT2D eigenvalue weighted by Crippen LogP contribution is 2.28. The number of unbranched alkanes of at least 4 members (excludes halogenated alkanes) is 1. The molecule has 1 amide bonds. The zero-order valence-corrected chi connectivity index (χ0v) is 7.68. The summed E-state index contributed by atoms with van der Waals surface area (Å²) >= 11 is 0. The van der Waals surface area contributed by atoms with E-state index in [2.05, 4.69) is 5.32 Å². The van der Waals surface area contributed by atoms with E-state index in [1.807, 2.05) is 6.07 Å². The third-order valence-electron chi connectivity index (χ3n) is 2.45. The minimum Gasteiger partial charge on any atom is -0.354 e. The molecule has 0 unspecified atom stereocenters. The molecule has 3 N–H and O–H groups in total. The maximum absolute atomic E-state index is 11.4. The van der Waals surface area contributed by atoms with Gasteiger partial charge in [-0.05, 0) is 25.7 Å². The van der Waals surface area contributed by atoms with E-state index in [-0.39, 0.29) is 5.91 Å². The van der Waals surface area contributed by atoms with E-state index < -0.39 is 5.54 Å². The lowest BCUT2D eigenvalue weighted by Crippen LogP contribution is -2.58. The number of hydrogen-bond acceptors (Lipinski definition) is 3. The van der Waals surface area contributed by atoms with Crippen LogP contribution in [0.2, 0.25) is 0 Å². The van der Waals surface area contributed by atoms with Gasteiger partial charge < -0.3 is 11.1 Å². The third-order valence-corrected chi connectivity index (χ3v) is 2.45. The Hall–Kier alpha value is -1.08. The van der Waals surface area contributed by atoms with Gasteiger partial charge in [-0.1, -0.05) is 0 Å². The summed E-state index contributed by atoms with van der Waals surface area (Å²) in [7, 11) is 0. The van der Waals surface area contributed by atoms with Gasteiger partial charge in [-0.15, -0.1) is 0 Å². The predicted molar refractivity (Wildman–Crippen MR) is 48.6 cm³/mol. The molecule has 0 atom stereocenters. The molecule has 13 heavy (non-hydrogen) atoms. The number of amides is 1. The fraction of sp³-hybridized carbons (Fsp3) is 0.778. The summed E-state index contributed by atoms with van der Waals surface area (Å²) in [4.78, 5) is 11.4. The second kappa shape index (κ2) is 4.24. The molecule has 1 saturated carbocycles. The minimum absolute atomic E-state index is 0.0586. The number of rotatable bonds is 4. The Kier molecular flexibility index (Phi) is 3.26. The molecule has 0 bridgehead atoms. The second-order valence-electron chi connectivity index (χ2n) is 3.53. The fourth-order valence-corrected chi connectivity index (χ4v) is 1.33. The van der Waals surface area contributed by atoms with Crippen molar-refractivity contribution in [1.82, 2.24) is 5.32 Å². The summed E-state index contributed by atoms with van der Waals surface area (Å²) in [5.74, 6) is -0.0586. The Labute approximate surface area is 78.1 Å². The Morgan fingerprint density at radius 3 is 2.77 bits per heavy atom. The summed E-state index contributed by atoms with van der Waals surface area (Å²) in [5.41, 5.74) is 5.18. The number of carbonyl (C=O) groups excluding carboxylic acids is 1. The molecular formula is C9H15N3O. The van der Waals surface area contributed by atoms with E-state index in [0.717, 1.165) is 19.3 Å². The average Bonchev–Trinajstić information content (AvgIpc) is 2.08. The van der Waals surface area contributed by atoms with Crippen LogP contribution in [0.25, 0.3) is 0 Å². The first kappa shape index (κ1) is 10.0. The lowest BCUT2D eigenvalue weighted by atomic mass is 9.77. The van der Waals surface area contributed by atoms with Gasteiger partial charge in [0.1, 0.15) is 0 Å². The van der Waals surface area contributed by atoms with Gasteiger partial charge in [0.15, 0.2) is 0 Å². The highest BCUT2D eigenvalue weighted by molar-refractivity contribution is 5.86. The number of nitrogens with zero attached hydrogens (tertiary/aromatic N) is 1. The molecule has 0 spiro atoms. The van der Waals surface area contributed by atoms with Crippen molar-refractivity contribution in [3.05, 3.63) is 0 Å². The highest BCUT2D eigenvalue weighted by atomic mass is 16.2. The quantitative estimate of drug-likeness (QED) is 0.612. The molecule has 1 aliphatic rings. The molecule has 1 fully saturated rings. The second-order valence-corrected chi connectivity index (χ2v) is 3.53. The predicted octanol–water partition coefficient (Wildman–Crippen LogP) is 0.288. The van der Waals surface area contributed by atoms with Crippen molar-refractivity contribution in [2.45, 2.75) is 37.6 Å². The van der Waals surface area contributed by atoms with Gasteiger partial charge in [0.25, 0.3) is 0 Å². The molecule has 4 heteroatoms. The van der Waals surface area contributed by atoms with Crippen LogP contribution in [0.4, 0.5) is 0 Å². The zero-order chi connectivity index (χ0) is 9.73. The summed E-state index contributed by atoms with van der Waals surface area (Å²) in [6, 6.07) is 2.03. The zero-order valence-electron chi connectivity index (χ0n) is 7.68. The van der Waals surface area contributed by atoms with Crippen LogP contribution in [0.15, 0.2) is 0 Å². The molecule has 1 aliphatic carbocycles. The number of hydrogen-bond donors (Lipinski definition) is 2. The van der Waals surface area contributed by atoms with Crippen LogP contribution in [0.3, 0.4) is 0 Å². The molecule has 0 aromatic carbocycles. The molecule has 1 rings (SSSR count). The normalized spacial score (nSPS) is 18.5. The summed E-state index contributed by atoms with van der Waals surface area (Å²) in [6.07, 6.45) is 3.81. The summed E-state index contributed by atoms with van der Waals surface area (Å²) in [6.45, 7) is 0.561. The van der Waals surface area contributed by atoms with E-state index >= 15 is 0 Å². The molecule has 0 saturated heterocycles. The largest absolute Gasteiger partial charge is 0.354 e. The van der Waals surface area contributed by atoms with E-state index in [0.29, 0.717) is 19.4 Å². The van der Waals surface area contributed by atoms with E-state index in [1.54, 1.807) is 0 Å². The molecule has 0 aromatic heterocycles. The summed E-state index contributed by atoms with van der Waals surface area (Å²) in [5, 5.41) is 11.0. The van der Waals surface area contributed by atoms with Gasteiger partial charge in [-0.3, -0.25) is 4.79 Å². The van der Waals surface area contributed by atoms with Crippen molar-refractivity contribution in [1.29, 1.82) is 5.26 Å². The number of carbonyl (C=O) groups is 1. The van der Waals surface area contributed by atoms with Crippen molar-refractivity contribution in [3.8, 4) is 6.07 Å². The number of nitriles is 1. The molecule has 0 aliphatic heterocycles. The first-order chi connectivity index (χ1) is 6.19. The maximum atomic E-state index is 11.4. The van der Waals surface area contributed by atoms with Crippen molar-refractivity contribution in [2.75, 3.05) is 6.54 Å². The Morgan fingerprint density at radius 2 is 2.31 bits per heavy atom. The molecule has 0 aromatic rings.